The summed E-state index contributed by atoms with van der Waals surface area (Å²) >= 11 is 3.43. The summed E-state index contributed by atoms with van der Waals surface area (Å²) in [6, 6.07) is 7.82. The van der Waals surface area contributed by atoms with Crippen molar-refractivity contribution in [2.75, 3.05) is 0 Å². The van der Waals surface area contributed by atoms with Gasteiger partial charge in [-0.25, -0.2) is 4.68 Å². The zero-order valence-corrected chi connectivity index (χ0v) is 12.2. The van der Waals surface area contributed by atoms with Gasteiger partial charge in [0.1, 0.15) is 0 Å². The number of hydrogen-bond acceptors (Lipinski definition) is 2. The van der Waals surface area contributed by atoms with E-state index in [0.717, 1.165) is 22.1 Å². The highest BCUT2D eigenvalue weighted by molar-refractivity contribution is 9.10. The first-order valence-corrected chi connectivity index (χ1v) is 6.52. The molecule has 0 N–H and O–H groups in total. The number of halogens is 1. The van der Waals surface area contributed by atoms with Crippen LogP contribution in [0.25, 0.3) is 5.69 Å². The Labute approximate surface area is 115 Å². The monoisotopic (exact) mass is 306 g/mol. The van der Waals surface area contributed by atoms with Crippen LogP contribution in [0.3, 0.4) is 0 Å². The molecule has 0 aliphatic heterocycles. The van der Waals surface area contributed by atoms with Crippen molar-refractivity contribution >= 4 is 22.2 Å². The van der Waals surface area contributed by atoms with Crippen LogP contribution >= 0.6 is 15.9 Å². The molecule has 3 nitrogen and oxygen atoms in total. The lowest BCUT2D eigenvalue weighted by atomic mass is 9.90. The average molecular weight is 307 g/mol. The van der Waals surface area contributed by atoms with E-state index in [1.165, 1.54) is 0 Å². The number of nitrogens with zero attached hydrogens (tertiary/aromatic N) is 2. The topological polar surface area (TPSA) is 34.9 Å². The number of aldehydes is 1. The van der Waals surface area contributed by atoms with Crippen LogP contribution in [0.15, 0.2) is 34.9 Å². The van der Waals surface area contributed by atoms with Gasteiger partial charge in [-0.05, 0) is 18.2 Å². The first-order valence-electron chi connectivity index (χ1n) is 5.73. The molecule has 0 aliphatic carbocycles. The van der Waals surface area contributed by atoms with Crippen molar-refractivity contribution in [3.05, 3.63) is 46.2 Å². The molecule has 2 rings (SSSR count). The van der Waals surface area contributed by atoms with E-state index in [1.807, 2.05) is 45.0 Å². The Hall–Kier alpha value is -1.42. The van der Waals surface area contributed by atoms with Gasteiger partial charge in [0, 0.05) is 16.1 Å². The van der Waals surface area contributed by atoms with E-state index >= 15 is 0 Å². The Morgan fingerprint density at radius 2 is 2.06 bits per heavy atom. The smallest absolute Gasteiger partial charge is 0.153 e. The van der Waals surface area contributed by atoms with E-state index in [0.29, 0.717) is 5.56 Å². The summed E-state index contributed by atoms with van der Waals surface area (Å²) in [5.41, 5.74) is 2.25. The second-order valence-corrected chi connectivity index (χ2v) is 6.14. The molecular weight excluding hydrogens is 292 g/mol. The van der Waals surface area contributed by atoms with Gasteiger partial charge in [0.05, 0.1) is 16.9 Å². The van der Waals surface area contributed by atoms with Gasteiger partial charge in [-0.3, -0.25) is 4.79 Å². The van der Waals surface area contributed by atoms with Crippen LogP contribution < -0.4 is 0 Å². The second kappa shape index (κ2) is 4.69. The molecule has 0 amide bonds. The lowest BCUT2D eigenvalue weighted by Crippen LogP contribution is -2.14. The first-order chi connectivity index (χ1) is 8.41. The summed E-state index contributed by atoms with van der Waals surface area (Å²) in [6.07, 6.45) is 2.64. The normalized spacial score (nSPS) is 11.6. The van der Waals surface area contributed by atoms with E-state index in [1.54, 1.807) is 10.9 Å². The lowest BCUT2D eigenvalue weighted by Gasteiger charge is -2.15. The molecule has 0 radical (unpaired) electrons. The molecule has 1 aromatic carbocycles. The molecule has 4 heteroatoms. The predicted octanol–water partition coefficient (Wildman–Crippen LogP) is 3.74. The minimum Gasteiger partial charge on any atom is -0.298 e. The Kier molecular flexibility index (Phi) is 3.39. The summed E-state index contributed by atoms with van der Waals surface area (Å²) in [5.74, 6) is 0. The second-order valence-electron chi connectivity index (χ2n) is 5.23. The van der Waals surface area contributed by atoms with Gasteiger partial charge in [0.2, 0.25) is 0 Å². The highest BCUT2D eigenvalue weighted by Gasteiger charge is 2.22. The summed E-state index contributed by atoms with van der Waals surface area (Å²) in [7, 11) is 0. The minimum atomic E-state index is -0.145. The van der Waals surface area contributed by atoms with Crippen molar-refractivity contribution in [2.24, 2.45) is 0 Å². The third kappa shape index (κ3) is 2.53. The SMILES string of the molecule is CC(C)(C)c1nn(-c2cccc(Br)c2)cc1C=O. The number of aromatic nitrogens is 2. The average Bonchev–Trinajstić information content (AvgIpc) is 2.72. The van der Waals surface area contributed by atoms with E-state index in [9.17, 15) is 4.79 Å². The van der Waals surface area contributed by atoms with Crippen molar-refractivity contribution in [3.63, 3.8) is 0 Å². The van der Waals surface area contributed by atoms with Gasteiger partial charge in [0.25, 0.3) is 0 Å². The molecular formula is C14H15BrN2O. The van der Waals surface area contributed by atoms with Crippen LogP contribution in [-0.4, -0.2) is 16.1 Å². The zero-order chi connectivity index (χ0) is 13.3. The highest BCUT2D eigenvalue weighted by atomic mass is 79.9. The quantitative estimate of drug-likeness (QED) is 0.792. The van der Waals surface area contributed by atoms with E-state index < -0.39 is 0 Å². The molecule has 0 atom stereocenters. The predicted molar refractivity (Wildman–Crippen MR) is 75.4 cm³/mol. The summed E-state index contributed by atoms with van der Waals surface area (Å²) in [4.78, 5) is 11.1. The van der Waals surface area contributed by atoms with Crippen LogP contribution in [0.5, 0.6) is 0 Å². The molecule has 0 bridgehead atoms. The van der Waals surface area contributed by atoms with Crippen molar-refractivity contribution in [1.82, 2.24) is 9.78 Å². The standard InChI is InChI=1S/C14H15BrN2O/c1-14(2,3)13-10(9-18)8-17(16-13)12-6-4-5-11(15)7-12/h4-9H,1-3H3. The molecule has 18 heavy (non-hydrogen) atoms. The number of hydrogen-bond donors (Lipinski definition) is 0. The molecule has 0 saturated heterocycles. The van der Waals surface area contributed by atoms with Gasteiger partial charge < -0.3 is 0 Å². The minimum absolute atomic E-state index is 0.145. The van der Waals surface area contributed by atoms with Crippen molar-refractivity contribution in [1.29, 1.82) is 0 Å². The molecule has 0 aliphatic rings. The molecule has 0 saturated carbocycles. The van der Waals surface area contributed by atoms with Gasteiger partial charge in [0.15, 0.2) is 6.29 Å². The highest BCUT2D eigenvalue weighted by Crippen LogP contribution is 2.25. The van der Waals surface area contributed by atoms with Crippen molar-refractivity contribution in [3.8, 4) is 5.69 Å². The van der Waals surface area contributed by atoms with Gasteiger partial charge in [-0.1, -0.05) is 42.8 Å². The maximum atomic E-state index is 11.1. The van der Waals surface area contributed by atoms with Crippen LogP contribution in [0.4, 0.5) is 0 Å². The largest absolute Gasteiger partial charge is 0.298 e. The van der Waals surface area contributed by atoms with E-state index in [4.69, 9.17) is 0 Å². The summed E-state index contributed by atoms with van der Waals surface area (Å²) < 4.78 is 2.73. The molecule has 0 unspecified atom stereocenters. The number of carbonyl (C=O) groups is 1. The van der Waals surface area contributed by atoms with Crippen LogP contribution in [0.1, 0.15) is 36.8 Å². The lowest BCUT2D eigenvalue weighted by molar-refractivity contribution is 0.112. The number of rotatable bonds is 2. The Balaban J connectivity index is 2.54. The van der Waals surface area contributed by atoms with Gasteiger partial charge in [-0.2, -0.15) is 5.10 Å². The number of benzene rings is 1. The van der Waals surface area contributed by atoms with Gasteiger partial charge >= 0.3 is 0 Å². The maximum absolute atomic E-state index is 11.1. The molecule has 1 aromatic heterocycles. The fourth-order valence-electron chi connectivity index (χ4n) is 1.81. The summed E-state index contributed by atoms with van der Waals surface area (Å²) in [5, 5.41) is 4.53. The first kappa shape index (κ1) is 13.0. The fourth-order valence-corrected chi connectivity index (χ4v) is 2.19. The zero-order valence-electron chi connectivity index (χ0n) is 10.6. The molecule has 1 heterocycles. The van der Waals surface area contributed by atoms with Crippen LogP contribution in [-0.2, 0) is 5.41 Å². The van der Waals surface area contributed by atoms with E-state index in [2.05, 4.69) is 21.0 Å². The van der Waals surface area contributed by atoms with E-state index in [-0.39, 0.29) is 5.41 Å². The number of carbonyl (C=O) groups excluding carboxylic acids is 1. The molecule has 0 spiro atoms. The fraction of sp³-hybridized carbons (Fsp3) is 0.286. The molecule has 0 fully saturated rings. The third-order valence-electron chi connectivity index (χ3n) is 2.65. The Morgan fingerprint density at radius 3 is 2.56 bits per heavy atom. The Bertz CT molecular complexity index is 582. The Morgan fingerprint density at radius 1 is 1.33 bits per heavy atom. The van der Waals surface area contributed by atoms with Gasteiger partial charge in [-0.15, -0.1) is 0 Å². The van der Waals surface area contributed by atoms with Crippen LogP contribution in [0, 0.1) is 0 Å². The van der Waals surface area contributed by atoms with Crippen molar-refractivity contribution < 1.29 is 4.79 Å². The van der Waals surface area contributed by atoms with Crippen LogP contribution in [0.2, 0.25) is 0 Å². The molecule has 94 valence electrons. The van der Waals surface area contributed by atoms with Crippen molar-refractivity contribution in [2.45, 2.75) is 26.2 Å². The summed E-state index contributed by atoms with van der Waals surface area (Å²) in [6.45, 7) is 6.15. The maximum Gasteiger partial charge on any atom is 0.153 e. The third-order valence-corrected chi connectivity index (χ3v) is 3.15. The molecule has 2 aromatic rings.